The summed E-state index contributed by atoms with van der Waals surface area (Å²) < 4.78 is 12.1. The van der Waals surface area contributed by atoms with Gasteiger partial charge in [0.25, 0.3) is 0 Å². The maximum Gasteiger partial charge on any atom is 0.148 e. The van der Waals surface area contributed by atoms with E-state index >= 15 is 0 Å². The minimum absolute atomic E-state index is 0.122. The molecular weight excluding hydrogens is 472 g/mol. The number of fused-ring (bicyclic) bond motifs is 8. The third-order valence-corrected chi connectivity index (χ3v) is 6.89. The maximum atomic E-state index is 11.3. The third-order valence-electron chi connectivity index (χ3n) is 6.89. The van der Waals surface area contributed by atoms with Crippen LogP contribution in [0.5, 0.6) is 23.0 Å². The summed E-state index contributed by atoms with van der Waals surface area (Å²) in [6.07, 6.45) is 12.9. The molecule has 0 amide bonds. The molecular formula is C34H28O4. The quantitative estimate of drug-likeness (QED) is 0.306. The Hall–Kier alpha value is -4.80. The van der Waals surface area contributed by atoms with Gasteiger partial charge in [0.1, 0.15) is 36.2 Å². The molecule has 5 rings (SSSR count). The van der Waals surface area contributed by atoms with Crippen LogP contribution in [-0.4, -0.2) is 23.4 Å². The monoisotopic (exact) mass is 500 g/mol. The van der Waals surface area contributed by atoms with Gasteiger partial charge in [0.05, 0.1) is 0 Å². The molecule has 0 unspecified atom stereocenters. The van der Waals surface area contributed by atoms with Crippen LogP contribution in [0.25, 0.3) is 0 Å². The van der Waals surface area contributed by atoms with Gasteiger partial charge in [-0.05, 0) is 44.5 Å². The molecule has 8 bridgehead atoms. The van der Waals surface area contributed by atoms with E-state index in [4.69, 9.17) is 22.3 Å². The molecule has 2 N–H and O–H groups in total. The first-order chi connectivity index (χ1) is 18.6. The largest absolute Gasteiger partial charge is 0.507 e. The highest BCUT2D eigenvalue weighted by molar-refractivity contribution is 5.55. The molecule has 1 aliphatic carbocycles. The van der Waals surface area contributed by atoms with Gasteiger partial charge in [-0.1, -0.05) is 84.6 Å². The van der Waals surface area contributed by atoms with Crippen molar-refractivity contribution in [3.05, 3.63) is 117 Å². The Balaban J connectivity index is 1.72. The van der Waals surface area contributed by atoms with Crippen LogP contribution in [0, 0.1) is 24.7 Å². The number of hydrogen-bond acceptors (Lipinski definition) is 4. The van der Waals surface area contributed by atoms with Gasteiger partial charge >= 0.3 is 0 Å². The first kappa shape index (κ1) is 24.9. The Labute approximate surface area is 223 Å². The van der Waals surface area contributed by atoms with E-state index in [2.05, 4.69) is 11.8 Å². The molecule has 4 heteroatoms. The zero-order valence-corrected chi connectivity index (χ0v) is 21.0. The van der Waals surface area contributed by atoms with Crippen LogP contribution in [-0.2, 0) is 25.7 Å². The highest BCUT2D eigenvalue weighted by Crippen LogP contribution is 2.37. The molecule has 4 nitrogen and oxygen atoms in total. The minimum Gasteiger partial charge on any atom is -0.507 e. The third kappa shape index (κ3) is 5.03. The second-order valence-corrected chi connectivity index (χ2v) is 9.35. The molecule has 0 atom stereocenters. The standard InChI is InChI=1S/C34H28O4/c1-3-17-37-33-27-13-7-14-28(33)20-24-10-6-12-26(32(24)36)22-30-16-8-15-29(34(30)38-18-4-2)21-25-11-5-9-23(19-27)31(25)35/h1-2,5-16,35-36H,17-22H2. The zero-order chi connectivity index (χ0) is 26.5. The lowest BCUT2D eigenvalue weighted by atomic mass is 9.91. The average molecular weight is 501 g/mol. The van der Waals surface area contributed by atoms with Crippen molar-refractivity contribution < 1.29 is 19.7 Å². The molecule has 0 saturated heterocycles. The Morgan fingerprint density at radius 1 is 0.500 bits per heavy atom. The average Bonchev–Trinajstić information content (AvgIpc) is 2.92. The molecule has 0 saturated carbocycles. The van der Waals surface area contributed by atoms with Crippen molar-refractivity contribution in [2.24, 2.45) is 0 Å². The van der Waals surface area contributed by atoms with Crippen LogP contribution in [0.15, 0.2) is 72.8 Å². The lowest BCUT2D eigenvalue weighted by Crippen LogP contribution is -2.06. The summed E-state index contributed by atoms with van der Waals surface area (Å²) in [4.78, 5) is 0. The van der Waals surface area contributed by atoms with Crippen LogP contribution >= 0.6 is 0 Å². The fourth-order valence-corrected chi connectivity index (χ4v) is 5.11. The van der Waals surface area contributed by atoms with Crippen LogP contribution in [0.4, 0.5) is 0 Å². The van der Waals surface area contributed by atoms with E-state index < -0.39 is 0 Å². The summed E-state index contributed by atoms with van der Waals surface area (Å²) >= 11 is 0. The molecule has 0 aliphatic heterocycles. The van der Waals surface area contributed by atoms with E-state index in [0.29, 0.717) is 37.2 Å². The zero-order valence-electron chi connectivity index (χ0n) is 21.0. The summed E-state index contributed by atoms with van der Waals surface area (Å²) in [6.45, 7) is 0.244. The lowest BCUT2D eigenvalue weighted by molar-refractivity contribution is 0.362. The van der Waals surface area contributed by atoms with Gasteiger partial charge < -0.3 is 19.7 Å². The van der Waals surface area contributed by atoms with Crippen molar-refractivity contribution in [2.45, 2.75) is 25.7 Å². The highest BCUT2D eigenvalue weighted by atomic mass is 16.5. The predicted molar refractivity (Wildman–Crippen MR) is 149 cm³/mol. The van der Waals surface area contributed by atoms with Crippen molar-refractivity contribution >= 4 is 0 Å². The summed E-state index contributed by atoms with van der Waals surface area (Å²) in [7, 11) is 0. The highest BCUT2D eigenvalue weighted by Gasteiger charge is 2.19. The number of aromatic hydroxyl groups is 2. The van der Waals surface area contributed by atoms with Crippen LogP contribution in [0.3, 0.4) is 0 Å². The first-order valence-corrected chi connectivity index (χ1v) is 12.5. The second kappa shape index (κ2) is 11.1. The Bertz CT molecular complexity index is 1360. The fourth-order valence-electron chi connectivity index (χ4n) is 5.11. The number of phenols is 2. The molecule has 38 heavy (non-hydrogen) atoms. The lowest BCUT2D eigenvalue weighted by Gasteiger charge is -2.19. The summed E-state index contributed by atoms with van der Waals surface area (Å²) in [6, 6.07) is 23.4. The summed E-state index contributed by atoms with van der Waals surface area (Å²) in [5, 5.41) is 22.6. The van der Waals surface area contributed by atoms with Gasteiger partial charge in [-0.15, -0.1) is 12.8 Å². The van der Waals surface area contributed by atoms with Gasteiger partial charge in [0.2, 0.25) is 0 Å². The van der Waals surface area contributed by atoms with Crippen molar-refractivity contribution in [1.82, 2.24) is 0 Å². The maximum absolute atomic E-state index is 11.3. The number of rotatable bonds is 4. The van der Waals surface area contributed by atoms with Gasteiger partial charge in [0.15, 0.2) is 0 Å². The molecule has 4 aromatic carbocycles. The molecule has 0 spiro atoms. The van der Waals surface area contributed by atoms with Crippen LogP contribution in [0.1, 0.15) is 44.5 Å². The van der Waals surface area contributed by atoms with Gasteiger partial charge in [0, 0.05) is 25.7 Å². The second-order valence-electron chi connectivity index (χ2n) is 9.35. The summed E-state index contributed by atoms with van der Waals surface area (Å²) in [5.74, 6) is 6.95. The van der Waals surface area contributed by atoms with Crippen LogP contribution < -0.4 is 9.47 Å². The van der Waals surface area contributed by atoms with Gasteiger partial charge in [-0.25, -0.2) is 0 Å². The Kier molecular flexibility index (Phi) is 7.25. The van der Waals surface area contributed by atoms with E-state index in [1.807, 2.05) is 72.8 Å². The van der Waals surface area contributed by atoms with E-state index in [1.165, 1.54) is 0 Å². The van der Waals surface area contributed by atoms with Crippen molar-refractivity contribution in [3.63, 3.8) is 0 Å². The number of hydrogen-bond donors (Lipinski definition) is 2. The number of ether oxygens (including phenoxy) is 2. The number of terminal acetylenes is 2. The molecule has 1 aliphatic rings. The smallest absolute Gasteiger partial charge is 0.148 e. The molecule has 0 fully saturated rings. The van der Waals surface area contributed by atoms with E-state index in [0.717, 1.165) is 44.5 Å². The molecule has 0 radical (unpaired) electrons. The van der Waals surface area contributed by atoms with E-state index in [1.54, 1.807) is 0 Å². The van der Waals surface area contributed by atoms with Crippen molar-refractivity contribution in [2.75, 3.05) is 13.2 Å². The molecule has 0 heterocycles. The first-order valence-electron chi connectivity index (χ1n) is 12.5. The van der Waals surface area contributed by atoms with Crippen molar-refractivity contribution in [1.29, 1.82) is 0 Å². The van der Waals surface area contributed by atoms with Crippen molar-refractivity contribution in [3.8, 4) is 47.7 Å². The minimum atomic E-state index is 0.122. The topological polar surface area (TPSA) is 58.9 Å². The molecule has 0 aromatic heterocycles. The normalized spacial score (nSPS) is 12.2. The van der Waals surface area contributed by atoms with Gasteiger partial charge in [-0.2, -0.15) is 0 Å². The predicted octanol–water partition coefficient (Wildman–Crippen LogP) is 5.80. The Morgan fingerprint density at radius 2 is 0.763 bits per heavy atom. The summed E-state index contributed by atoms with van der Waals surface area (Å²) in [5.41, 5.74) is 6.77. The molecule has 188 valence electrons. The van der Waals surface area contributed by atoms with Crippen LogP contribution in [0.2, 0.25) is 0 Å². The van der Waals surface area contributed by atoms with E-state index in [9.17, 15) is 10.2 Å². The molecule has 4 aromatic rings. The van der Waals surface area contributed by atoms with E-state index in [-0.39, 0.29) is 24.7 Å². The number of benzene rings is 4. The van der Waals surface area contributed by atoms with Gasteiger partial charge in [-0.3, -0.25) is 0 Å². The SMILES string of the molecule is C#CCOc1c2cccc1Cc1cccc(c1O)Cc1cccc(c1OCC#C)Cc1cccc(c1O)C2. The fraction of sp³-hybridized carbons (Fsp3) is 0.176. The Morgan fingerprint density at radius 3 is 1.03 bits per heavy atom. The number of phenolic OH excluding ortho intramolecular Hbond substituents is 2. The number of para-hydroxylation sites is 4.